The molecular weight excluding hydrogens is 180 g/mol. The Bertz CT molecular complexity index is 272. The molecule has 1 radical (unpaired) electrons. The van der Waals surface area contributed by atoms with Crippen molar-refractivity contribution in [2.45, 2.75) is 51.4 Å². The first-order valence-electron chi connectivity index (χ1n) is 6.74. The number of hydrogen-bond acceptors (Lipinski definition) is 0. The zero-order valence-corrected chi connectivity index (χ0v) is 9.54. The van der Waals surface area contributed by atoms with Crippen LogP contribution in [0.1, 0.15) is 51.4 Å². The maximum absolute atomic E-state index is 3.61. The molecular formula is C15H21. The quantitative estimate of drug-likeness (QED) is 0.625. The van der Waals surface area contributed by atoms with Crippen LogP contribution in [0.3, 0.4) is 0 Å². The van der Waals surface area contributed by atoms with E-state index in [0.29, 0.717) is 5.92 Å². The van der Waals surface area contributed by atoms with Crippen molar-refractivity contribution in [3.63, 3.8) is 0 Å². The van der Waals surface area contributed by atoms with Gasteiger partial charge in [-0.1, -0.05) is 37.8 Å². The molecule has 0 N–H and O–H groups in total. The van der Waals surface area contributed by atoms with Crippen molar-refractivity contribution >= 4 is 0 Å². The summed E-state index contributed by atoms with van der Waals surface area (Å²) in [5, 5.41) is 0. The minimum Gasteiger partial charge on any atom is -0.0732 e. The van der Waals surface area contributed by atoms with Crippen molar-refractivity contribution in [2.24, 2.45) is 17.8 Å². The van der Waals surface area contributed by atoms with Crippen LogP contribution < -0.4 is 0 Å². The predicted molar refractivity (Wildman–Crippen MR) is 63.3 cm³/mol. The Morgan fingerprint density at radius 3 is 2.33 bits per heavy atom. The predicted octanol–water partition coefficient (Wildman–Crippen LogP) is 4.28. The molecule has 3 aliphatic carbocycles. The lowest BCUT2D eigenvalue weighted by Gasteiger charge is -2.13. The molecule has 2 saturated carbocycles. The lowest BCUT2D eigenvalue weighted by molar-refractivity contribution is 0.463. The van der Waals surface area contributed by atoms with E-state index in [9.17, 15) is 0 Å². The van der Waals surface area contributed by atoms with Gasteiger partial charge in [-0.05, 0) is 49.2 Å². The van der Waals surface area contributed by atoms with Crippen molar-refractivity contribution in [3.8, 4) is 0 Å². The van der Waals surface area contributed by atoms with E-state index in [-0.39, 0.29) is 0 Å². The minimum absolute atomic E-state index is 0.683. The molecule has 0 aliphatic heterocycles. The molecule has 0 heterocycles. The third-order valence-corrected chi connectivity index (χ3v) is 4.55. The Morgan fingerprint density at radius 2 is 1.60 bits per heavy atom. The first-order valence-corrected chi connectivity index (χ1v) is 6.74. The summed E-state index contributed by atoms with van der Waals surface area (Å²) in [5.41, 5.74) is 1.63. The molecule has 0 spiro atoms. The first-order chi connectivity index (χ1) is 7.43. The molecule has 0 aromatic carbocycles. The second kappa shape index (κ2) is 4.15. The second-order valence-corrected chi connectivity index (χ2v) is 5.53. The third kappa shape index (κ3) is 1.91. The summed E-state index contributed by atoms with van der Waals surface area (Å²) in [6.07, 6.45) is 20.0. The summed E-state index contributed by atoms with van der Waals surface area (Å²) in [7, 11) is 0. The van der Waals surface area contributed by atoms with Crippen LogP contribution in [0.5, 0.6) is 0 Å². The summed E-state index contributed by atoms with van der Waals surface area (Å²) in [6.45, 7) is 0. The molecule has 81 valence electrons. The van der Waals surface area contributed by atoms with E-state index >= 15 is 0 Å². The van der Waals surface area contributed by atoms with Gasteiger partial charge >= 0.3 is 0 Å². The van der Waals surface area contributed by atoms with Gasteiger partial charge in [-0.25, -0.2) is 0 Å². The fraction of sp³-hybridized carbons (Fsp3) is 0.733. The van der Waals surface area contributed by atoms with E-state index in [1.54, 1.807) is 5.57 Å². The summed E-state index contributed by atoms with van der Waals surface area (Å²) in [6, 6.07) is 0. The monoisotopic (exact) mass is 201 g/mol. The lowest BCUT2D eigenvalue weighted by Crippen LogP contribution is -2.05. The van der Waals surface area contributed by atoms with E-state index < -0.39 is 0 Å². The zero-order chi connectivity index (χ0) is 10.1. The highest BCUT2D eigenvalue weighted by Gasteiger charge is 2.27. The van der Waals surface area contributed by atoms with Crippen LogP contribution in [0.15, 0.2) is 17.7 Å². The fourth-order valence-electron chi connectivity index (χ4n) is 3.60. The highest BCUT2D eigenvalue weighted by Crippen LogP contribution is 2.40. The molecule has 15 heavy (non-hydrogen) atoms. The SMILES string of the molecule is [C]1=CC(C2CCCC2)=CC1C1CCCC1. The van der Waals surface area contributed by atoms with Gasteiger partial charge in [-0.15, -0.1) is 0 Å². The maximum Gasteiger partial charge on any atom is 0.00552 e. The van der Waals surface area contributed by atoms with Crippen molar-refractivity contribution in [1.82, 2.24) is 0 Å². The molecule has 0 amide bonds. The van der Waals surface area contributed by atoms with Gasteiger partial charge in [0.25, 0.3) is 0 Å². The van der Waals surface area contributed by atoms with Gasteiger partial charge in [0.1, 0.15) is 0 Å². The van der Waals surface area contributed by atoms with E-state index in [2.05, 4.69) is 18.2 Å². The molecule has 1 atom stereocenters. The minimum atomic E-state index is 0.683. The maximum atomic E-state index is 3.61. The van der Waals surface area contributed by atoms with Crippen molar-refractivity contribution in [3.05, 3.63) is 23.8 Å². The molecule has 3 rings (SSSR count). The molecule has 0 heteroatoms. The Kier molecular flexibility index (Phi) is 2.68. The molecule has 1 unspecified atom stereocenters. The number of allylic oxidation sites excluding steroid dienone is 4. The average molecular weight is 201 g/mol. The normalized spacial score (nSPS) is 32.8. The van der Waals surface area contributed by atoms with Gasteiger partial charge in [-0.3, -0.25) is 0 Å². The largest absolute Gasteiger partial charge is 0.0732 e. The van der Waals surface area contributed by atoms with Crippen molar-refractivity contribution in [1.29, 1.82) is 0 Å². The van der Waals surface area contributed by atoms with Gasteiger partial charge in [-0.2, -0.15) is 0 Å². The summed E-state index contributed by atoms with van der Waals surface area (Å²) < 4.78 is 0. The van der Waals surface area contributed by atoms with E-state index in [4.69, 9.17) is 0 Å². The first kappa shape index (κ1) is 9.69. The van der Waals surface area contributed by atoms with Crippen LogP contribution in [0.2, 0.25) is 0 Å². The van der Waals surface area contributed by atoms with Gasteiger partial charge < -0.3 is 0 Å². The van der Waals surface area contributed by atoms with Gasteiger partial charge in [0.2, 0.25) is 0 Å². The highest BCUT2D eigenvalue weighted by molar-refractivity contribution is 5.29. The molecule has 0 nitrogen and oxygen atoms in total. The van der Waals surface area contributed by atoms with Crippen molar-refractivity contribution < 1.29 is 0 Å². The van der Waals surface area contributed by atoms with Crippen LogP contribution in [0.4, 0.5) is 0 Å². The Morgan fingerprint density at radius 1 is 0.933 bits per heavy atom. The summed E-state index contributed by atoms with van der Waals surface area (Å²) in [4.78, 5) is 0. The molecule has 2 fully saturated rings. The van der Waals surface area contributed by atoms with Crippen LogP contribution in [-0.2, 0) is 0 Å². The zero-order valence-electron chi connectivity index (χ0n) is 9.54. The van der Waals surface area contributed by atoms with Crippen LogP contribution in [-0.4, -0.2) is 0 Å². The molecule has 0 aromatic rings. The molecule has 0 saturated heterocycles. The average Bonchev–Trinajstić information content (AvgIpc) is 3.02. The summed E-state index contributed by atoms with van der Waals surface area (Å²) in [5.74, 6) is 2.51. The van der Waals surface area contributed by atoms with Gasteiger partial charge in [0, 0.05) is 5.92 Å². The fourth-order valence-corrected chi connectivity index (χ4v) is 3.60. The van der Waals surface area contributed by atoms with Crippen molar-refractivity contribution in [2.75, 3.05) is 0 Å². The standard InChI is InChI=1S/C15H21/c1-2-6-12(5-1)14-9-10-15(11-14)13-7-3-4-8-13/h9,11-13,15H,1-8H2. The van der Waals surface area contributed by atoms with E-state index in [0.717, 1.165) is 11.8 Å². The van der Waals surface area contributed by atoms with E-state index in [1.807, 2.05) is 0 Å². The van der Waals surface area contributed by atoms with Gasteiger partial charge in [0.05, 0.1) is 0 Å². The third-order valence-electron chi connectivity index (χ3n) is 4.55. The Balaban J connectivity index is 1.66. The smallest absolute Gasteiger partial charge is 0.00552 e. The summed E-state index contributed by atoms with van der Waals surface area (Å²) >= 11 is 0. The lowest BCUT2D eigenvalue weighted by atomic mass is 9.91. The van der Waals surface area contributed by atoms with Crippen LogP contribution in [0.25, 0.3) is 0 Å². The van der Waals surface area contributed by atoms with Gasteiger partial charge in [0.15, 0.2) is 0 Å². The Labute approximate surface area is 93.5 Å². The number of rotatable bonds is 2. The number of hydrogen-bond donors (Lipinski definition) is 0. The molecule has 0 aromatic heterocycles. The van der Waals surface area contributed by atoms with Crippen LogP contribution >= 0.6 is 0 Å². The van der Waals surface area contributed by atoms with E-state index in [1.165, 1.54) is 51.4 Å². The molecule has 3 aliphatic rings. The Hall–Kier alpha value is -0.520. The topological polar surface area (TPSA) is 0 Å². The molecule has 0 bridgehead atoms. The second-order valence-electron chi connectivity index (χ2n) is 5.53. The van der Waals surface area contributed by atoms with Crippen LogP contribution in [0, 0.1) is 23.8 Å². The highest BCUT2D eigenvalue weighted by atomic mass is 14.3.